The van der Waals surface area contributed by atoms with E-state index in [1.165, 1.54) is 4.90 Å². The summed E-state index contributed by atoms with van der Waals surface area (Å²) >= 11 is 0. The van der Waals surface area contributed by atoms with E-state index in [-0.39, 0.29) is 5.95 Å². The van der Waals surface area contributed by atoms with Gasteiger partial charge in [-0.2, -0.15) is 13.2 Å². The summed E-state index contributed by atoms with van der Waals surface area (Å²) in [5.41, 5.74) is 6.21. The monoisotopic (exact) mass is 282 g/mol. The van der Waals surface area contributed by atoms with E-state index in [4.69, 9.17) is 5.73 Å². The second-order valence-corrected chi connectivity index (χ2v) is 4.29. The zero-order valence-electron chi connectivity index (χ0n) is 10.7. The van der Waals surface area contributed by atoms with Crippen molar-refractivity contribution < 1.29 is 13.2 Å². The molecule has 1 aromatic heterocycles. The molecule has 2 N–H and O–H groups in total. The number of hydrogen-bond acceptors (Lipinski definition) is 4. The molecule has 1 heterocycles. The first-order chi connectivity index (χ1) is 9.38. The minimum absolute atomic E-state index is 0.00285. The van der Waals surface area contributed by atoms with Crippen LogP contribution in [0.3, 0.4) is 0 Å². The highest BCUT2D eigenvalue weighted by Crippen LogP contribution is 2.28. The van der Waals surface area contributed by atoms with Crippen molar-refractivity contribution in [2.45, 2.75) is 12.7 Å². The van der Waals surface area contributed by atoms with Gasteiger partial charge in [0.15, 0.2) is 0 Å². The van der Waals surface area contributed by atoms with E-state index in [1.54, 1.807) is 25.2 Å². The highest BCUT2D eigenvalue weighted by molar-refractivity contribution is 5.48. The summed E-state index contributed by atoms with van der Waals surface area (Å²) in [6.45, 7) is 0.327. The van der Waals surface area contributed by atoms with Crippen molar-refractivity contribution in [1.82, 2.24) is 9.97 Å². The van der Waals surface area contributed by atoms with Crippen molar-refractivity contribution >= 4 is 11.6 Å². The average molecular weight is 282 g/mol. The van der Waals surface area contributed by atoms with Gasteiger partial charge < -0.3 is 10.6 Å². The van der Waals surface area contributed by atoms with Gasteiger partial charge in [-0.15, -0.1) is 0 Å². The van der Waals surface area contributed by atoms with E-state index in [2.05, 4.69) is 9.97 Å². The second kappa shape index (κ2) is 5.36. The molecule has 0 saturated carbocycles. The van der Waals surface area contributed by atoms with Crippen LogP contribution in [0.2, 0.25) is 0 Å². The van der Waals surface area contributed by atoms with Gasteiger partial charge in [0.05, 0.1) is 0 Å². The van der Waals surface area contributed by atoms with Crippen molar-refractivity contribution in [3.8, 4) is 0 Å². The molecule has 0 amide bonds. The molecular weight excluding hydrogens is 269 g/mol. The van der Waals surface area contributed by atoms with Gasteiger partial charge in [0.2, 0.25) is 5.95 Å². The summed E-state index contributed by atoms with van der Waals surface area (Å²) in [5, 5.41) is 0. The fraction of sp³-hybridized carbons (Fsp3) is 0.231. The molecule has 4 nitrogen and oxygen atoms in total. The summed E-state index contributed by atoms with van der Waals surface area (Å²) < 4.78 is 37.8. The highest BCUT2D eigenvalue weighted by atomic mass is 19.4. The number of hydrogen-bond donors (Lipinski definition) is 1. The fourth-order valence-corrected chi connectivity index (χ4v) is 1.69. The molecule has 0 radical (unpaired) electrons. The van der Waals surface area contributed by atoms with Crippen LogP contribution in [0.5, 0.6) is 0 Å². The molecular formula is C13H13F3N4. The number of nitrogen functional groups attached to an aromatic ring is 1. The molecule has 0 atom stereocenters. The Morgan fingerprint density at radius 3 is 2.55 bits per heavy atom. The summed E-state index contributed by atoms with van der Waals surface area (Å²) in [4.78, 5) is 8.89. The minimum atomic E-state index is -4.48. The van der Waals surface area contributed by atoms with Crippen LogP contribution in [0, 0.1) is 0 Å². The predicted molar refractivity (Wildman–Crippen MR) is 70.0 cm³/mol. The summed E-state index contributed by atoms with van der Waals surface area (Å²) in [6.07, 6.45) is -3.39. The predicted octanol–water partition coefficient (Wildman–Crippen LogP) is 2.71. The van der Waals surface area contributed by atoms with Gasteiger partial charge in [0, 0.05) is 25.5 Å². The molecule has 106 valence electrons. The van der Waals surface area contributed by atoms with Gasteiger partial charge in [-0.3, -0.25) is 0 Å². The number of alkyl halides is 3. The first-order valence-electron chi connectivity index (χ1n) is 5.82. The lowest BCUT2D eigenvalue weighted by Gasteiger charge is -2.18. The van der Waals surface area contributed by atoms with Gasteiger partial charge >= 0.3 is 6.18 Å². The van der Waals surface area contributed by atoms with Crippen LogP contribution in [0.25, 0.3) is 0 Å². The number of para-hydroxylation sites is 1. The van der Waals surface area contributed by atoms with Crippen molar-refractivity contribution in [3.05, 3.63) is 47.8 Å². The quantitative estimate of drug-likeness (QED) is 0.879. The topological polar surface area (TPSA) is 55.0 Å². The standard InChI is InChI=1S/C13H13F3N4/c1-20(8-9-4-2-3-5-10(9)17)12-18-7-6-11(19-12)13(14,15)16/h2-7H,8,17H2,1H3. The largest absolute Gasteiger partial charge is 0.433 e. The number of nitrogens with two attached hydrogens (primary N) is 1. The molecule has 7 heteroatoms. The van der Waals surface area contributed by atoms with Crippen LogP contribution >= 0.6 is 0 Å². The number of aromatic nitrogens is 2. The molecule has 2 aromatic rings. The maximum atomic E-state index is 12.6. The lowest BCUT2D eigenvalue weighted by atomic mass is 10.2. The van der Waals surface area contributed by atoms with Gasteiger partial charge in [0.25, 0.3) is 0 Å². The molecule has 2 rings (SSSR count). The van der Waals surface area contributed by atoms with Crippen molar-refractivity contribution in [2.24, 2.45) is 0 Å². The zero-order valence-corrected chi connectivity index (χ0v) is 10.7. The third-order valence-corrected chi connectivity index (χ3v) is 2.74. The Morgan fingerprint density at radius 2 is 1.90 bits per heavy atom. The molecule has 20 heavy (non-hydrogen) atoms. The Balaban J connectivity index is 2.22. The summed E-state index contributed by atoms with van der Waals surface area (Å²) in [6, 6.07) is 7.98. The molecule has 1 aromatic carbocycles. The van der Waals surface area contributed by atoms with E-state index >= 15 is 0 Å². The Hall–Kier alpha value is -2.31. The van der Waals surface area contributed by atoms with Crippen LogP contribution in [0.1, 0.15) is 11.3 Å². The van der Waals surface area contributed by atoms with Crippen molar-refractivity contribution in [1.29, 1.82) is 0 Å². The van der Waals surface area contributed by atoms with E-state index in [0.29, 0.717) is 12.2 Å². The first kappa shape index (κ1) is 14.1. The average Bonchev–Trinajstić information content (AvgIpc) is 2.40. The number of anilines is 2. The Labute approximate surface area is 114 Å². The SMILES string of the molecule is CN(Cc1ccccc1N)c1nccc(C(F)(F)F)n1. The van der Waals surface area contributed by atoms with E-state index in [1.807, 2.05) is 6.07 Å². The Kier molecular flexibility index (Phi) is 3.78. The molecule has 0 fully saturated rings. The van der Waals surface area contributed by atoms with Crippen LogP contribution in [-0.2, 0) is 12.7 Å². The molecule has 0 aliphatic heterocycles. The number of halogens is 3. The summed E-state index contributed by atoms with van der Waals surface area (Å²) in [7, 11) is 1.61. The van der Waals surface area contributed by atoms with Crippen LogP contribution < -0.4 is 10.6 Å². The maximum absolute atomic E-state index is 12.6. The highest BCUT2D eigenvalue weighted by Gasteiger charge is 2.33. The molecule has 0 bridgehead atoms. The minimum Gasteiger partial charge on any atom is -0.398 e. The zero-order chi connectivity index (χ0) is 14.8. The normalized spacial score (nSPS) is 11.4. The lowest BCUT2D eigenvalue weighted by Crippen LogP contribution is -2.21. The Morgan fingerprint density at radius 1 is 1.20 bits per heavy atom. The molecule has 0 aliphatic rings. The third kappa shape index (κ3) is 3.17. The molecule has 0 unspecified atom stereocenters. The first-order valence-corrected chi connectivity index (χ1v) is 5.82. The van der Waals surface area contributed by atoms with Crippen LogP contribution in [0.4, 0.5) is 24.8 Å². The van der Waals surface area contributed by atoms with Crippen molar-refractivity contribution in [2.75, 3.05) is 17.7 Å². The Bertz CT molecular complexity index is 598. The molecule has 0 spiro atoms. The second-order valence-electron chi connectivity index (χ2n) is 4.29. The van der Waals surface area contributed by atoms with Crippen LogP contribution in [0.15, 0.2) is 36.5 Å². The van der Waals surface area contributed by atoms with Crippen LogP contribution in [-0.4, -0.2) is 17.0 Å². The smallest absolute Gasteiger partial charge is 0.398 e. The van der Waals surface area contributed by atoms with Gasteiger partial charge in [-0.25, -0.2) is 9.97 Å². The molecule has 0 saturated heterocycles. The van der Waals surface area contributed by atoms with Gasteiger partial charge in [-0.1, -0.05) is 18.2 Å². The number of benzene rings is 1. The van der Waals surface area contributed by atoms with E-state index in [9.17, 15) is 13.2 Å². The van der Waals surface area contributed by atoms with Crippen molar-refractivity contribution in [3.63, 3.8) is 0 Å². The van der Waals surface area contributed by atoms with Gasteiger partial charge in [0.1, 0.15) is 5.69 Å². The number of nitrogens with zero attached hydrogens (tertiary/aromatic N) is 3. The fourth-order valence-electron chi connectivity index (χ4n) is 1.69. The third-order valence-electron chi connectivity index (χ3n) is 2.74. The van der Waals surface area contributed by atoms with E-state index in [0.717, 1.165) is 17.8 Å². The lowest BCUT2D eigenvalue weighted by molar-refractivity contribution is -0.141. The van der Waals surface area contributed by atoms with E-state index < -0.39 is 11.9 Å². The van der Waals surface area contributed by atoms with Gasteiger partial charge in [-0.05, 0) is 17.7 Å². The maximum Gasteiger partial charge on any atom is 0.433 e. The summed E-state index contributed by atoms with van der Waals surface area (Å²) in [5.74, 6) is 0.00285. The number of rotatable bonds is 3. The molecule has 0 aliphatic carbocycles.